The van der Waals surface area contributed by atoms with Crippen molar-refractivity contribution in [2.24, 2.45) is 0 Å². The van der Waals surface area contributed by atoms with E-state index in [0.29, 0.717) is 0 Å². The Morgan fingerprint density at radius 2 is 1.59 bits per heavy atom. The normalized spacial score (nSPS) is 13.0. The average molecular weight is 289 g/mol. The molecule has 1 heterocycles. The molecule has 0 amide bonds. The summed E-state index contributed by atoms with van der Waals surface area (Å²) in [6, 6.07) is 18.7. The van der Waals surface area contributed by atoms with Crippen LogP contribution in [0.2, 0.25) is 0 Å². The van der Waals surface area contributed by atoms with Crippen LogP contribution in [0.15, 0.2) is 60.8 Å². The third-order valence-corrected chi connectivity index (χ3v) is 4.40. The highest BCUT2D eigenvalue weighted by molar-refractivity contribution is 5.78. The SMILES string of the molecule is CC(C)(O)c1c2c(cn1-c1ccccc1)-c1ccccc1C2. The molecule has 4 rings (SSSR count). The lowest BCUT2D eigenvalue weighted by Crippen LogP contribution is -2.21. The fraction of sp³-hybridized carbons (Fsp3) is 0.200. The van der Waals surface area contributed by atoms with Crippen molar-refractivity contribution in [2.75, 3.05) is 0 Å². The molecule has 0 bridgehead atoms. The smallest absolute Gasteiger partial charge is 0.0996 e. The maximum atomic E-state index is 10.7. The monoisotopic (exact) mass is 289 g/mol. The van der Waals surface area contributed by atoms with Crippen molar-refractivity contribution in [3.8, 4) is 16.8 Å². The maximum absolute atomic E-state index is 10.7. The van der Waals surface area contributed by atoms with E-state index in [1.165, 1.54) is 22.3 Å². The lowest BCUT2D eigenvalue weighted by atomic mass is 9.98. The Labute approximate surface area is 130 Å². The van der Waals surface area contributed by atoms with Crippen LogP contribution in [0, 0.1) is 0 Å². The summed E-state index contributed by atoms with van der Waals surface area (Å²) < 4.78 is 2.14. The molecule has 1 aliphatic rings. The number of aromatic nitrogens is 1. The van der Waals surface area contributed by atoms with Gasteiger partial charge in [-0.2, -0.15) is 0 Å². The van der Waals surface area contributed by atoms with Gasteiger partial charge in [0.1, 0.15) is 0 Å². The first kappa shape index (κ1) is 13.4. The van der Waals surface area contributed by atoms with E-state index in [0.717, 1.165) is 17.8 Å². The average Bonchev–Trinajstić information content (AvgIpc) is 3.03. The van der Waals surface area contributed by atoms with Crippen molar-refractivity contribution < 1.29 is 5.11 Å². The highest BCUT2D eigenvalue weighted by Gasteiger charge is 2.32. The highest BCUT2D eigenvalue weighted by atomic mass is 16.3. The van der Waals surface area contributed by atoms with Crippen molar-refractivity contribution >= 4 is 0 Å². The molecule has 2 nitrogen and oxygen atoms in total. The van der Waals surface area contributed by atoms with E-state index in [4.69, 9.17) is 0 Å². The minimum Gasteiger partial charge on any atom is -0.384 e. The molecule has 110 valence electrons. The number of fused-ring (bicyclic) bond motifs is 3. The molecule has 2 aromatic carbocycles. The van der Waals surface area contributed by atoms with E-state index < -0.39 is 5.60 Å². The first-order valence-electron chi connectivity index (χ1n) is 7.66. The van der Waals surface area contributed by atoms with Crippen molar-refractivity contribution in [3.63, 3.8) is 0 Å². The second-order valence-electron chi connectivity index (χ2n) is 6.47. The molecule has 1 aliphatic carbocycles. The van der Waals surface area contributed by atoms with E-state index in [1.54, 1.807) is 0 Å². The Balaban J connectivity index is 2.00. The van der Waals surface area contributed by atoms with Crippen LogP contribution in [0.4, 0.5) is 0 Å². The Bertz CT molecular complexity index is 838. The lowest BCUT2D eigenvalue weighted by molar-refractivity contribution is 0.0713. The van der Waals surface area contributed by atoms with E-state index >= 15 is 0 Å². The van der Waals surface area contributed by atoms with Gasteiger partial charge in [0.15, 0.2) is 0 Å². The van der Waals surface area contributed by atoms with Crippen LogP contribution in [0.5, 0.6) is 0 Å². The fourth-order valence-electron chi connectivity index (χ4n) is 3.54. The Kier molecular flexibility index (Phi) is 2.78. The Morgan fingerprint density at radius 3 is 2.32 bits per heavy atom. The second-order valence-corrected chi connectivity index (χ2v) is 6.47. The molecule has 1 N–H and O–H groups in total. The summed E-state index contributed by atoms with van der Waals surface area (Å²) in [6.45, 7) is 3.73. The molecular formula is C20H19NO. The Hall–Kier alpha value is -2.32. The molecule has 0 fully saturated rings. The number of aliphatic hydroxyl groups is 1. The van der Waals surface area contributed by atoms with E-state index in [1.807, 2.05) is 32.0 Å². The van der Waals surface area contributed by atoms with Crippen LogP contribution >= 0.6 is 0 Å². The topological polar surface area (TPSA) is 25.2 Å². The number of benzene rings is 2. The van der Waals surface area contributed by atoms with Gasteiger partial charge in [-0.3, -0.25) is 0 Å². The molecule has 0 radical (unpaired) electrons. The highest BCUT2D eigenvalue weighted by Crippen LogP contribution is 2.43. The molecular weight excluding hydrogens is 270 g/mol. The summed E-state index contributed by atoms with van der Waals surface area (Å²) in [5.41, 5.74) is 6.33. The molecule has 0 saturated carbocycles. The van der Waals surface area contributed by atoms with Crippen LogP contribution < -0.4 is 0 Å². The molecule has 0 saturated heterocycles. The van der Waals surface area contributed by atoms with Gasteiger partial charge in [-0.1, -0.05) is 42.5 Å². The molecule has 22 heavy (non-hydrogen) atoms. The van der Waals surface area contributed by atoms with Crippen LogP contribution in [-0.2, 0) is 12.0 Å². The van der Waals surface area contributed by atoms with Gasteiger partial charge in [-0.25, -0.2) is 0 Å². The van der Waals surface area contributed by atoms with Crippen LogP contribution in [-0.4, -0.2) is 9.67 Å². The molecule has 0 atom stereocenters. The van der Waals surface area contributed by atoms with Crippen LogP contribution in [0.25, 0.3) is 16.8 Å². The van der Waals surface area contributed by atoms with Gasteiger partial charge in [0.05, 0.1) is 11.3 Å². The summed E-state index contributed by atoms with van der Waals surface area (Å²) in [4.78, 5) is 0. The zero-order valence-corrected chi connectivity index (χ0v) is 12.9. The quantitative estimate of drug-likeness (QED) is 0.585. The predicted octanol–water partition coefficient (Wildman–Crippen LogP) is 4.28. The third kappa shape index (κ3) is 1.92. The zero-order valence-electron chi connectivity index (χ0n) is 12.9. The molecule has 2 heteroatoms. The van der Waals surface area contributed by atoms with Crippen molar-refractivity contribution in [2.45, 2.75) is 25.9 Å². The molecule has 0 spiro atoms. The largest absolute Gasteiger partial charge is 0.384 e. The predicted molar refractivity (Wildman–Crippen MR) is 89.3 cm³/mol. The number of para-hydroxylation sites is 1. The zero-order chi connectivity index (χ0) is 15.3. The first-order valence-corrected chi connectivity index (χ1v) is 7.66. The number of hydrogen-bond acceptors (Lipinski definition) is 1. The van der Waals surface area contributed by atoms with Crippen LogP contribution in [0.3, 0.4) is 0 Å². The van der Waals surface area contributed by atoms with Crippen molar-refractivity contribution in [1.29, 1.82) is 0 Å². The molecule has 0 aliphatic heterocycles. The molecule has 0 unspecified atom stereocenters. The molecule has 1 aromatic heterocycles. The van der Waals surface area contributed by atoms with Gasteiger partial charge in [-0.05, 0) is 42.7 Å². The van der Waals surface area contributed by atoms with Gasteiger partial charge >= 0.3 is 0 Å². The first-order chi connectivity index (χ1) is 10.6. The van der Waals surface area contributed by atoms with Gasteiger partial charge in [0.25, 0.3) is 0 Å². The summed E-state index contributed by atoms with van der Waals surface area (Å²) in [7, 11) is 0. The van der Waals surface area contributed by atoms with Crippen molar-refractivity contribution in [1.82, 2.24) is 4.57 Å². The van der Waals surface area contributed by atoms with Gasteiger partial charge in [0, 0.05) is 23.9 Å². The lowest BCUT2D eigenvalue weighted by Gasteiger charge is -2.22. The van der Waals surface area contributed by atoms with Crippen LogP contribution in [0.1, 0.15) is 30.7 Å². The van der Waals surface area contributed by atoms with Gasteiger partial charge in [0.2, 0.25) is 0 Å². The summed E-state index contributed by atoms with van der Waals surface area (Å²) in [6.07, 6.45) is 3.06. The molecule has 3 aromatic rings. The number of nitrogens with zero attached hydrogens (tertiary/aromatic N) is 1. The van der Waals surface area contributed by atoms with Crippen molar-refractivity contribution in [3.05, 3.63) is 77.6 Å². The second kappa shape index (κ2) is 4.59. The number of rotatable bonds is 2. The summed E-state index contributed by atoms with van der Waals surface area (Å²) in [5.74, 6) is 0. The minimum absolute atomic E-state index is 0.883. The summed E-state index contributed by atoms with van der Waals surface area (Å²) in [5, 5.41) is 10.7. The van der Waals surface area contributed by atoms with Gasteiger partial charge < -0.3 is 9.67 Å². The minimum atomic E-state index is -0.883. The maximum Gasteiger partial charge on any atom is 0.0996 e. The Morgan fingerprint density at radius 1 is 0.909 bits per heavy atom. The summed E-state index contributed by atoms with van der Waals surface area (Å²) >= 11 is 0. The van der Waals surface area contributed by atoms with E-state index in [2.05, 4.69) is 47.2 Å². The standard InChI is InChI=1S/C20H19NO/c1-20(2,22)19-17-12-14-8-6-7-11-16(14)18(17)13-21(19)15-9-4-3-5-10-15/h3-11,13,22H,12H2,1-2H3. The fourth-order valence-corrected chi connectivity index (χ4v) is 3.54. The van der Waals surface area contributed by atoms with E-state index in [9.17, 15) is 5.11 Å². The third-order valence-electron chi connectivity index (χ3n) is 4.40. The van der Waals surface area contributed by atoms with Gasteiger partial charge in [-0.15, -0.1) is 0 Å². The number of hydrogen-bond donors (Lipinski definition) is 1. The van der Waals surface area contributed by atoms with E-state index in [-0.39, 0.29) is 0 Å².